The van der Waals surface area contributed by atoms with Crippen LogP contribution in [0.4, 0.5) is 17.6 Å². The van der Waals surface area contributed by atoms with Crippen LogP contribution in [0.5, 0.6) is 0 Å². The van der Waals surface area contributed by atoms with Gasteiger partial charge in [-0.15, -0.1) is 0 Å². The molecule has 1 saturated heterocycles. The molecule has 1 aliphatic rings. The number of benzene rings is 1. The molecule has 1 heterocycles. The molecule has 1 aromatic carbocycles. The van der Waals surface area contributed by atoms with Gasteiger partial charge in [0.2, 0.25) is 0 Å². The van der Waals surface area contributed by atoms with Crippen molar-refractivity contribution in [2.45, 2.75) is 31.3 Å². The van der Waals surface area contributed by atoms with Gasteiger partial charge in [0.25, 0.3) is 0 Å². The summed E-state index contributed by atoms with van der Waals surface area (Å²) in [5.41, 5.74) is -0.707. The third kappa shape index (κ3) is 2.77. The van der Waals surface area contributed by atoms with Crippen molar-refractivity contribution in [2.75, 3.05) is 6.61 Å². The molecule has 94 valence electrons. The smallest absolute Gasteiger partial charge is 0.373 e. The fraction of sp³-hybridized carbons (Fsp3) is 0.500. The standard InChI is InChI=1S/C12H12F4O/c13-8-5-6-17-11(7-8)9-3-1-2-4-10(9)12(14,15)16/h1-4,8,11H,5-7H2. The Morgan fingerprint density at radius 1 is 1.18 bits per heavy atom. The molecule has 1 nitrogen and oxygen atoms in total. The molecular formula is C12H12F4O. The van der Waals surface area contributed by atoms with Crippen molar-refractivity contribution in [3.8, 4) is 0 Å². The Kier molecular flexibility index (Phi) is 3.38. The van der Waals surface area contributed by atoms with Crippen molar-refractivity contribution in [3.63, 3.8) is 0 Å². The maximum Gasteiger partial charge on any atom is 0.416 e. The van der Waals surface area contributed by atoms with Crippen LogP contribution in [-0.2, 0) is 10.9 Å². The maximum atomic E-state index is 13.2. The van der Waals surface area contributed by atoms with Gasteiger partial charge in [0.1, 0.15) is 6.17 Å². The summed E-state index contributed by atoms with van der Waals surface area (Å²) >= 11 is 0. The fourth-order valence-corrected chi connectivity index (χ4v) is 2.01. The van der Waals surface area contributed by atoms with Gasteiger partial charge < -0.3 is 4.74 Å². The van der Waals surface area contributed by atoms with Gasteiger partial charge in [0.05, 0.1) is 18.3 Å². The number of hydrogen-bond acceptors (Lipinski definition) is 1. The second-order valence-electron chi connectivity index (χ2n) is 4.07. The van der Waals surface area contributed by atoms with Gasteiger partial charge in [-0.2, -0.15) is 13.2 Å². The Bertz CT molecular complexity index is 388. The Hall–Kier alpha value is -1.10. The SMILES string of the molecule is FC1CCOC(c2ccccc2C(F)(F)F)C1. The van der Waals surface area contributed by atoms with Crippen molar-refractivity contribution in [1.82, 2.24) is 0 Å². The summed E-state index contributed by atoms with van der Waals surface area (Å²) in [6, 6.07) is 5.18. The molecular weight excluding hydrogens is 236 g/mol. The Labute approximate surface area is 96.4 Å². The monoisotopic (exact) mass is 248 g/mol. The number of halogens is 4. The third-order valence-corrected chi connectivity index (χ3v) is 2.83. The van der Waals surface area contributed by atoms with E-state index in [4.69, 9.17) is 4.74 Å². The lowest BCUT2D eigenvalue weighted by molar-refractivity contribution is -0.140. The Morgan fingerprint density at radius 3 is 2.53 bits per heavy atom. The largest absolute Gasteiger partial charge is 0.416 e. The van der Waals surface area contributed by atoms with Crippen molar-refractivity contribution >= 4 is 0 Å². The van der Waals surface area contributed by atoms with Crippen LogP contribution in [0, 0.1) is 0 Å². The van der Waals surface area contributed by atoms with E-state index in [-0.39, 0.29) is 25.0 Å². The number of rotatable bonds is 1. The minimum atomic E-state index is -4.43. The predicted octanol–water partition coefficient (Wildman–Crippen LogP) is 3.90. The molecule has 0 saturated carbocycles. The normalized spacial score (nSPS) is 25.9. The van der Waals surface area contributed by atoms with Crippen LogP contribution in [0.15, 0.2) is 24.3 Å². The van der Waals surface area contributed by atoms with Gasteiger partial charge >= 0.3 is 6.18 Å². The van der Waals surface area contributed by atoms with Gasteiger partial charge in [0.15, 0.2) is 0 Å². The van der Waals surface area contributed by atoms with Crippen LogP contribution in [0.3, 0.4) is 0 Å². The van der Waals surface area contributed by atoms with Crippen molar-refractivity contribution in [1.29, 1.82) is 0 Å². The van der Waals surface area contributed by atoms with Gasteiger partial charge in [-0.25, -0.2) is 4.39 Å². The van der Waals surface area contributed by atoms with E-state index in [0.717, 1.165) is 6.07 Å². The van der Waals surface area contributed by atoms with E-state index in [9.17, 15) is 17.6 Å². The fourth-order valence-electron chi connectivity index (χ4n) is 2.01. The highest BCUT2D eigenvalue weighted by atomic mass is 19.4. The summed E-state index contributed by atoms with van der Waals surface area (Å²) in [6.07, 6.45) is -6.06. The molecule has 2 rings (SSSR count). The lowest BCUT2D eigenvalue weighted by Crippen LogP contribution is -2.23. The number of ether oxygens (including phenoxy) is 1. The number of hydrogen-bond donors (Lipinski definition) is 0. The van der Waals surface area contributed by atoms with E-state index in [1.165, 1.54) is 18.2 Å². The zero-order valence-electron chi connectivity index (χ0n) is 9.01. The lowest BCUT2D eigenvalue weighted by Gasteiger charge is -2.27. The average molecular weight is 248 g/mol. The lowest BCUT2D eigenvalue weighted by atomic mass is 9.95. The molecule has 17 heavy (non-hydrogen) atoms. The van der Waals surface area contributed by atoms with Gasteiger partial charge in [-0.05, 0) is 11.6 Å². The minimum absolute atomic E-state index is 0.00685. The van der Waals surface area contributed by atoms with Crippen molar-refractivity contribution in [3.05, 3.63) is 35.4 Å². The summed E-state index contributed by atoms with van der Waals surface area (Å²) < 4.78 is 56.7. The summed E-state index contributed by atoms with van der Waals surface area (Å²) in [5.74, 6) is 0. The molecule has 0 aliphatic carbocycles. The number of alkyl halides is 4. The van der Waals surface area contributed by atoms with Crippen molar-refractivity contribution in [2.24, 2.45) is 0 Å². The quantitative estimate of drug-likeness (QED) is 0.685. The first kappa shape index (κ1) is 12.4. The highest BCUT2D eigenvalue weighted by Crippen LogP contribution is 2.38. The first-order chi connectivity index (χ1) is 7.98. The van der Waals surface area contributed by atoms with E-state index >= 15 is 0 Å². The molecule has 0 radical (unpaired) electrons. The molecule has 1 aliphatic heterocycles. The minimum Gasteiger partial charge on any atom is -0.373 e. The van der Waals surface area contributed by atoms with E-state index in [2.05, 4.69) is 0 Å². The van der Waals surface area contributed by atoms with Crippen molar-refractivity contribution < 1.29 is 22.3 Å². The predicted molar refractivity (Wildman–Crippen MR) is 54.3 cm³/mol. The van der Waals surface area contributed by atoms with Crippen LogP contribution < -0.4 is 0 Å². The van der Waals surface area contributed by atoms with Crippen LogP contribution in [0.1, 0.15) is 30.1 Å². The molecule has 2 unspecified atom stereocenters. The van der Waals surface area contributed by atoms with E-state index < -0.39 is 24.0 Å². The summed E-state index contributed by atoms with van der Waals surface area (Å²) in [6.45, 7) is 0.165. The van der Waals surface area contributed by atoms with Gasteiger partial charge in [-0.3, -0.25) is 0 Å². The average Bonchev–Trinajstić information content (AvgIpc) is 2.28. The van der Waals surface area contributed by atoms with Crippen LogP contribution >= 0.6 is 0 Å². The first-order valence-electron chi connectivity index (χ1n) is 5.40. The third-order valence-electron chi connectivity index (χ3n) is 2.83. The molecule has 0 amide bonds. The molecule has 0 spiro atoms. The summed E-state index contributed by atoms with van der Waals surface area (Å²) in [5, 5.41) is 0. The molecule has 1 fully saturated rings. The zero-order valence-corrected chi connectivity index (χ0v) is 9.01. The molecule has 0 bridgehead atoms. The Balaban J connectivity index is 2.31. The summed E-state index contributed by atoms with van der Waals surface area (Å²) in [7, 11) is 0. The zero-order chi connectivity index (χ0) is 12.5. The second-order valence-corrected chi connectivity index (χ2v) is 4.07. The van der Waals surface area contributed by atoms with E-state index in [0.29, 0.717) is 0 Å². The van der Waals surface area contributed by atoms with Crippen LogP contribution in [-0.4, -0.2) is 12.8 Å². The van der Waals surface area contributed by atoms with Gasteiger partial charge in [-0.1, -0.05) is 18.2 Å². The molecule has 0 N–H and O–H groups in total. The molecule has 2 atom stereocenters. The van der Waals surface area contributed by atoms with Crippen LogP contribution in [0.2, 0.25) is 0 Å². The molecule has 5 heteroatoms. The Morgan fingerprint density at radius 2 is 1.88 bits per heavy atom. The van der Waals surface area contributed by atoms with Gasteiger partial charge in [0, 0.05) is 12.8 Å². The summed E-state index contributed by atoms with van der Waals surface area (Å²) in [4.78, 5) is 0. The van der Waals surface area contributed by atoms with E-state index in [1.807, 2.05) is 0 Å². The highest BCUT2D eigenvalue weighted by Gasteiger charge is 2.36. The first-order valence-corrected chi connectivity index (χ1v) is 5.40. The molecule has 0 aromatic heterocycles. The topological polar surface area (TPSA) is 9.23 Å². The van der Waals surface area contributed by atoms with Crippen LogP contribution in [0.25, 0.3) is 0 Å². The maximum absolute atomic E-state index is 13.2. The second kappa shape index (κ2) is 4.64. The van der Waals surface area contributed by atoms with E-state index in [1.54, 1.807) is 0 Å². The molecule has 1 aromatic rings. The highest BCUT2D eigenvalue weighted by molar-refractivity contribution is 5.31.